The highest BCUT2D eigenvalue weighted by Gasteiger charge is 2.16. The quantitative estimate of drug-likeness (QED) is 0.502. The molecule has 0 unspecified atom stereocenters. The average molecular weight is 197 g/mol. The van der Waals surface area contributed by atoms with E-state index < -0.39 is 0 Å². The van der Waals surface area contributed by atoms with Gasteiger partial charge in [-0.1, -0.05) is 32.6 Å². The molecule has 1 aromatic rings. The van der Waals surface area contributed by atoms with E-state index in [2.05, 4.69) is 32.6 Å². The molecule has 0 bridgehead atoms. The van der Waals surface area contributed by atoms with Crippen molar-refractivity contribution in [1.82, 2.24) is 0 Å². The van der Waals surface area contributed by atoms with Crippen molar-refractivity contribution in [3.05, 3.63) is 28.8 Å². The molecule has 15 heavy (non-hydrogen) atoms. The predicted octanol–water partition coefficient (Wildman–Crippen LogP) is 2.53. The molecule has 0 aliphatic carbocycles. The van der Waals surface area contributed by atoms with Crippen LogP contribution in [0.25, 0.3) is 0 Å². The molecule has 2 N–H and O–H groups in total. The molecule has 76 valence electrons. The minimum Gasteiger partial charge on any atom is -0.397 e. The molecule has 0 spiro atoms. The fourth-order valence-electron chi connectivity index (χ4n) is 1.33. The number of terminal acetylenes is 2. The van der Waals surface area contributed by atoms with E-state index in [-0.39, 0.29) is 5.41 Å². The topological polar surface area (TPSA) is 26.0 Å². The van der Waals surface area contributed by atoms with Crippen LogP contribution < -0.4 is 5.73 Å². The predicted molar refractivity (Wildman–Crippen MR) is 65.4 cm³/mol. The van der Waals surface area contributed by atoms with Gasteiger partial charge in [-0.3, -0.25) is 0 Å². The maximum Gasteiger partial charge on any atom is 0.0632 e. The van der Waals surface area contributed by atoms with Crippen molar-refractivity contribution in [2.45, 2.75) is 26.2 Å². The number of benzene rings is 1. The van der Waals surface area contributed by atoms with Crippen LogP contribution in [0.4, 0.5) is 5.69 Å². The highest BCUT2D eigenvalue weighted by Crippen LogP contribution is 2.27. The summed E-state index contributed by atoms with van der Waals surface area (Å²) in [5.41, 5.74) is 8.83. The minimum absolute atomic E-state index is 0.0188. The Morgan fingerprint density at radius 3 is 1.73 bits per heavy atom. The Morgan fingerprint density at radius 1 is 1.07 bits per heavy atom. The van der Waals surface area contributed by atoms with Crippen molar-refractivity contribution >= 4 is 5.69 Å². The zero-order valence-electron chi connectivity index (χ0n) is 9.39. The molecule has 0 aliphatic rings. The fraction of sp³-hybridized carbons (Fsp3) is 0.286. The third-order valence-electron chi connectivity index (χ3n) is 2.36. The summed E-state index contributed by atoms with van der Waals surface area (Å²) in [5, 5.41) is 0. The third kappa shape index (κ3) is 2.14. The molecule has 1 rings (SSSR count). The van der Waals surface area contributed by atoms with Gasteiger partial charge in [0.05, 0.1) is 5.69 Å². The second-order valence-corrected chi connectivity index (χ2v) is 4.52. The van der Waals surface area contributed by atoms with Crippen molar-refractivity contribution in [3.63, 3.8) is 0 Å². The number of nitrogens with two attached hydrogens (primary N) is 1. The molecular weight excluding hydrogens is 182 g/mol. The monoisotopic (exact) mass is 197 g/mol. The zero-order chi connectivity index (χ0) is 11.6. The molecule has 0 atom stereocenters. The Balaban J connectivity index is 3.51. The molecule has 0 saturated heterocycles. The van der Waals surface area contributed by atoms with Crippen LogP contribution in [0.5, 0.6) is 0 Å². The summed E-state index contributed by atoms with van der Waals surface area (Å²) in [6.07, 6.45) is 10.8. The van der Waals surface area contributed by atoms with Crippen molar-refractivity contribution in [1.29, 1.82) is 0 Å². The van der Waals surface area contributed by atoms with Gasteiger partial charge < -0.3 is 5.73 Å². The molecule has 0 fully saturated rings. The molecule has 0 amide bonds. The lowest BCUT2D eigenvalue weighted by Crippen LogP contribution is -2.12. The lowest BCUT2D eigenvalue weighted by molar-refractivity contribution is 0.590. The molecular formula is C14H15N. The highest BCUT2D eigenvalue weighted by atomic mass is 14.6. The highest BCUT2D eigenvalue weighted by molar-refractivity contribution is 5.66. The van der Waals surface area contributed by atoms with Crippen molar-refractivity contribution in [3.8, 4) is 24.7 Å². The van der Waals surface area contributed by atoms with Gasteiger partial charge in [0.1, 0.15) is 0 Å². The van der Waals surface area contributed by atoms with Crippen LogP contribution in [0.1, 0.15) is 37.5 Å². The van der Waals surface area contributed by atoms with E-state index in [1.807, 2.05) is 12.1 Å². The van der Waals surface area contributed by atoms with Gasteiger partial charge >= 0.3 is 0 Å². The van der Waals surface area contributed by atoms with Gasteiger partial charge in [-0.25, -0.2) is 0 Å². The summed E-state index contributed by atoms with van der Waals surface area (Å²) in [7, 11) is 0. The van der Waals surface area contributed by atoms with Gasteiger partial charge in [0.25, 0.3) is 0 Å². The number of hydrogen-bond acceptors (Lipinski definition) is 1. The van der Waals surface area contributed by atoms with Gasteiger partial charge in [0.15, 0.2) is 0 Å². The fourth-order valence-corrected chi connectivity index (χ4v) is 1.33. The smallest absolute Gasteiger partial charge is 0.0632 e. The van der Waals surface area contributed by atoms with Gasteiger partial charge in [0.2, 0.25) is 0 Å². The summed E-state index contributed by atoms with van der Waals surface area (Å²) in [5.74, 6) is 5.12. The first-order chi connectivity index (χ1) is 6.90. The lowest BCUT2D eigenvalue weighted by Gasteiger charge is -2.20. The first kappa shape index (κ1) is 11.2. The van der Waals surface area contributed by atoms with Crippen LogP contribution in [0.3, 0.4) is 0 Å². The molecule has 0 saturated carbocycles. The van der Waals surface area contributed by atoms with E-state index in [1.54, 1.807) is 0 Å². The standard InChI is InChI=1S/C14H15N/c1-6-10-8-12(14(3,4)5)9-11(7-2)13(10)15/h1-2,8-9H,15H2,3-5H3. The molecule has 0 aliphatic heterocycles. The molecule has 1 heteroatoms. The summed E-state index contributed by atoms with van der Waals surface area (Å²) >= 11 is 0. The second-order valence-electron chi connectivity index (χ2n) is 4.52. The SMILES string of the molecule is C#Cc1cc(C(C)(C)C)cc(C#C)c1N. The summed E-state index contributed by atoms with van der Waals surface area (Å²) in [6, 6.07) is 3.85. The van der Waals surface area contributed by atoms with Crippen LogP contribution in [0.15, 0.2) is 12.1 Å². The van der Waals surface area contributed by atoms with Crippen LogP contribution >= 0.6 is 0 Å². The first-order valence-corrected chi connectivity index (χ1v) is 4.77. The average Bonchev–Trinajstić information content (AvgIpc) is 2.16. The van der Waals surface area contributed by atoms with Crippen LogP contribution in [-0.2, 0) is 5.41 Å². The second kappa shape index (κ2) is 3.71. The molecule has 0 aromatic heterocycles. The van der Waals surface area contributed by atoms with Crippen LogP contribution in [0, 0.1) is 24.7 Å². The van der Waals surface area contributed by atoms with Gasteiger partial charge in [0, 0.05) is 11.1 Å². The summed E-state index contributed by atoms with van der Waals surface area (Å²) in [4.78, 5) is 0. The van der Waals surface area contributed by atoms with E-state index in [4.69, 9.17) is 18.6 Å². The van der Waals surface area contributed by atoms with Crippen LogP contribution in [0.2, 0.25) is 0 Å². The Hall–Kier alpha value is -1.86. The Kier molecular flexibility index (Phi) is 2.78. The van der Waals surface area contributed by atoms with Crippen molar-refractivity contribution in [2.75, 3.05) is 5.73 Å². The van der Waals surface area contributed by atoms with Crippen LogP contribution in [-0.4, -0.2) is 0 Å². The molecule has 1 aromatic carbocycles. The third-order valence-corrected chi connectivity index (χ3v) is 2.36. The summed E-state index contributed by atoms with van der Waals surface area (Å²) < 4.78 is 0. The number of hydrogen-bond donors (Lipinski definition) is 1. The van der Waals surface area contributed by atoms with Crippen molar-refractivity contribution in [2.24, 2.45) is 0 Å². The van der Waals surface area contributed by atoms with Gasteiger partial charge in [-0.15, -0.1) is 12.8 Å². The van der Waals surface area contributed by atoms with E-state index in [1.165, 1.54) is 0 Å². The maximum absolute atomic E-state index is 5.83. The van der Waals surface area contributed by atoms with E-state index >= 15 is 0 Å². The normalized spacial score (nSPS) is 10.5. The molecule has 1 nitrogen and oxygen atoms in total. The zero-order valence-corrected chi connectivity index (χ0v) is 9.39. The maximum atomic E-state index is 5.83. The Morgan fingerprint density at radius 2 is 1.47 bits per heavy atom. The van der Waals surface area contributed by atoms with E-state index in [0.717, 1.165) is 5.56 Å². The first-order valence-electron chi connectivity index (χ1n) is 4.77. The van der Waals surface area contributed by atoms with Crippen molar-refractivity contribution < 1.29 is 0 Å². The number of anilines is 1. The Labute approximate surface area is 91.7 Å². The summed E-state index contributed by atoms with van der Waals surface area (Å²) in [6.45, 7) is 6.33. The van der Waals surface area contributed by atoms with E-state index in [9.17, 15) is 0 Å². The van der Waals surface area contributed by atoms with Gasteiger partial charge in [-0.05, 0) is 23.1 Å². The lowest BCUT2D eigenvalue weighted by atomic mass is 9.84. The minimum atomic E-state index is 0.0188. The van der Waals surface area contributed by atoms with E-state index in [0.29, 0.717) is 16.8 Å². The number of rotatable bonds is 0. The number of nitrogen functional groups attached to an aromatic ring is 1. The van der Waals surface area contributed by atoms with Gasteiger partial charge in [-0.2, -0.15) is 0 Å². The largest absolute Gasteiger partial charge is 0.397 e. The Bertz CT molecular complexity index is 427. The molecule has 0 radical (unpaired) electrons. The molecule has 0 heterocycles.